The Morgan fingerprint density at radius 2 is 0.677 bits per heavy atom. The lowest BCUT2D eigenvalue weighted by molar-refractivity contribution is 1.18. The van der Waals surface area contributed by atoms with E-state index in [1.807, 2.05) is 0 Å². The highest BCUT2D eigenvalue weighted by molar-refractivity contribution is 6.10. The third-order valence-electron chi connectivity index (χ3n) is 12.0. The molecule has 0 saturated heterocycles. The van der Waals surface area contributed by atoms with Gasteiger partial charge in [0.1, 0.15) is 0 Å². The molecule has 2 heteroatoms. The average molecular weight is 791 g/mol. The van der Waals surface area contributed by atoms with Gasteiger partial charge in [0.05, 0.1) is 16.7 Å². The first-order valence-corrected chi connectivity index (χ1v) is 21.3. The van der Waals surface area contributed by atoms with Crippen molar-refractivity contribution in [1.29, 1.82) is 0 Å². The number of benzene rings is 10. The van der Waals surface area contributed by atoms with Crippen LogP contribution < -0.4 is 4.90 Å². The van der Waals surface area contributed by atoms with Gasteiger partial charge in [0.2, 0.25) is 0 Å². The topological polar surface area (TPSA) is 8.17 Å². The number of hydrogen-bond donors (Lipinski definition) is 0. The summed E-state index contributed by atoms with van der Waals surface area (Å²) in [5.74, 6) is 0. The van der Waals surface area contributed by atoms with Crippen LogP contribution >= 0.6 is 0 Å². The van der Waals surface area contributed by atoms with Crippen molar-refractivity contribution in [3.05, 3.63) is 255 Å². The number of nitrogens with zero attached hydrogens (tertiary/aromatic N) is 2. The van der Waals surface area contributed by atoms with Crippen molar-refractivity contribution in [1.82, 2.24) is 4.57 Å². The minimum absolute atomic E-state index is 1.07. The van der Waals surface area contributed by atoms with Gasteiger partial charge in [-0.1, -0.05) is 206 Å². The van der Waals surface area contributed by atoms with Crippen molar-refractivity contribution in [2.75, 3.05) is 4.90 Å². The third-order valence-corrected chi connectivity index (χ3v) is 12.0. The molecule has 0 aliphatic carbocycles. The molecule has 292 valence electrons. The Labute approximate surface area is 362 Å². The van der Waals surface area contributed by atoms with E-state index in [-0.39, 0.29) is 0 Å². The number of para-hydroxylation sites is 3. The monoisotopic (exact) mass is 790 g/mol. The van der Waals surface area contributed by atoms with Crippen LogP contribution in [-0.4, -0.2) is 4.57 Å². The Bertz CT molecular complexity index is 3310. The normalized spacial score (nSPS) is 11.2. The lowest BCUT2D eigenvalue weighted by Crippen LogP contribution is -2.11. The molecule has 11 rings (SSSR count). The van der Waals surface area contributed by atoms with Gasteiger partial charge in [-0.05, 0) is 98.6 Å². The Hall–Kier alpha value is -8.20. The van der Waals surface area contributed by atoms with E-state index in [9.17, 15) is 0 Å². The molecule has 62 heavy (non-hydrogen) atoms. The Kier molecular flexibility index (Phi) is 9.57. The van der Waals surface area contributed by atoms with Gasteiger partial charge >= 0.3 is 0 Å². The molecule has 1 aromatic heterocycles. The predicted molar refractivity (Wildman–Crippen MR) is 263 cm³/mol. The SMILES string of the molecule is c1ccc(-c2ccc(-c3ccc(N(c4ccc5c6ccccc6n(-c6ccccc6)c5c4)c4ccccc4-c4ccccc4-c4ccccc4-c4ccccc4)cc3)cc2)cc1. The van der Waals surface area contributed by atoms with E-state index in [1.165, 1.54) is 66.4 Å². The summed E-state index contributed by atoms with van der Waals surface area (Å²) in [7, 11) is 0. The molecular weight excluding hydrogens is 749 g/mol. The van der Waals surface area contributed by atoms with Crippen molar-refractivity contribution < 1.29 is 0 Å². The molecule has 0 bridgehead atoms. The van der Waals surface area contributed by atoms with Crippen molar-refractivity contribution >= 4 is 38.9 Å². The first-order chi connectivity index (χ1) is 30.8. The maximum atomic E-state index is 2.43. The van der Waals surface area contributed by atoms with Crippen LogP contribution in [0.25, 0.3) is 83.1 Å². The second-order valence-electron chi connectivity index (χ2n) is 15.7. The molecule has 10 aromatic carbocycles. The highest BCUT2D eigenvalue weighted by Gasteiger charge is 2.22. The second-order valence-corrected chi connectivity index (χ2v) is 15.7. The summed E-state index contributed by atoms with van der Waals surface area (Å²) in [4.78, 5) is 2.43. The maximum absolute atomic E-state index is 2.43. The summed E-state index contributed by atoms with van der Waals surface area (Å²) in [5.41, 5.74) is 18.6. The van der Waals surface area contributed by atoms with Crippen LogP contribution in [0.15, 0.2) is 255 Å². The van der Waals surface area contributed by atoms with E-state index in [0.29, 0.717) is 0 Å². The molecule has 0 atom stereocenters. The maximum Gasteiger partial charge on any atom is 0.0561 e. The van der Waals surface area contributed by atoms with Crippen molar-refractivity contribution in [3.8, 4) is 61.3 Å². The Morgan fingerprint density at radius 3 is 1.32 bits per heavy atom. The van der Waals surface area contributed by atoms with Crippen LogP contribution in [0.1, 0.15) is 0 Å². The zero-order valence-corrected chi connectivity index (χ0v) is 34.1. The van der Waals surface area contributed by atoms with E-state index < -0.39 is 0 Å². The summed E-state index contributed by atoms with van der Waals surface area (Å²) >= 11 is 0. The van der Waals surface area contributed by atoms with Gasteiger partial charge in [-0.2, -0.15) is 0 Å². The number of rotatable bonds is 9. The van der Waals surface area contributed by atoms with Gasteiger partial charge in [0.15, 0.2) is 0 Å². The zero-order chi connectivity index (χ0) is 41.2. The first-order valence-electron chi connectivity index (χ1n) is 21.3. The van der Waals surface area contributed by atoms with Crippen molar-refractivity contribution in [2.24, 2.45) is 0 Å². The van der Waals surface area contributed by atoms with Crippen LogP contribution in [-0.2, 0) is 0 Å². The average Bonchev–Trinajstić information content (AvgIpc) is 3.69. The quantitative estimate of drug-likeness (QED) is 0.141. The molecular formula is C60H42N2. The molecule has 0 aliphatic heterocycles. The van der Waals surface area contributed by atoms with Gasteiger partial charge in [-0.15, -0.1) is 0 Å². The van der Waals surface area contributed by atoms with Gasteiger partial charge in [-0.25, -0.2) is 0 Å². The molecule has 0 amide bonds. The van der Waals surface area contributed by atoms with E-state index >= 15 is 0 Å². The Balaban J connectivity index is 1.09. The number of fused-ring (bicyclic) bond motifs is 3. The summed E-state index contributed by atoms with van der Waals surface area (Å²) in [6.07, 6.45) is 0. The highest BCUT2D eigenvalue weighted by atomic mass is 15.1. The smallest absolute Gasteiger partial charge is 0.0561 e. The number of hydrogen-bond acceptors (Lipinski definition) is 1. The highest BCUT2D eigenvalue weighted by Crippen LogP contribution is 2.46. The molecule has 0 radical (unpaired) electrons. The minimum atomic E-state index is 1.07. The van der Waals surface area contributed by atoms with Crippen LogP contribution in [0.3, 0.4) is 0 Å². The van der Waals surface area contributed by atoms with Crippen molar-refractivity contribution in [2.45, 2.75) is 0 Å². The van der Waals surface area contributed by atoms with Crippen LogP contribution in [0.2, 0.25) is 0 Å². The summed E-state index contributed by atoms with van der Waals surface area (Å²) in [6, 6.07) is 92.1. The van der Waals surface area contributed by atoms with Crippen molar-refractivity contribution in [3.63, 3.8) is 0 Å². The zero-order valence-electron chi connectivity index (χ0n) is 34.1. The molecule has 0 unspecified atom stereocenters. The number of aromatic nitrogens is 1. The van der Waals surface area contributed by atoms with Gasteiger partial charge in [0.25, 0.3) is 0 Å². The third kappa shape index (κ3) is 6.74. The standard InChI is InChI=1S/C60H42N2/c1-4-18-43(19-5-1)44-32-34-45(35-33-44)46-36-38-49(39-37-46)61(50-40-41-57-56-29-15-17-31-59(56)62(60(57)42-50)48-22-8-3-9-23-48)58-30-16-14-28-55(58)54-27-13-12-26-53(54)52-25-11-10-24-51(52)47-20-6-2-7-21-47/h1-42H. The minimum Gasteiger partial charge on any atom is -0.310 e. The van der Waals surface area contributed by atoms with Gasteiger partial charge in [-0.3, -0.25) is 0 Å². The van der Waals surface area contributed by atoms with E-state index in [0.717, 1.165) is 33.8 Å². The lowest BCUT2D eigenvalue weighted by atomic mass is 9.88. The van der Waals surface area contributed by atoms with Gasteiger partial charge < -0.3 is 9.47 Å². The molecule has 0 spiro atoms. The lowest BCUT2D eigenvalue weighted by Gasteiger charge is -2.29. The summed E-state index contributed by atoms with van der Waals surface area (Å²) in [5, 5.41) is 2.46. The molecule has 11 aromatic rings. The van der Waals surface area contributed by atoms with Gasteiger partial charge in [0, 0.05) is 33.4 Å². The van der Waals surface area contributed by atoms with Crippen LogP contribution in [0, 0.1) is 0 Å². The number of anilines is 3. The first kappa shape index (κ1) is 36.8. The van der Waals surface area contributed by atoms with Crippen LogP contribution in [0.4, 0.5) is 17.1 Å². The van der Waals surface area contributed by atoms with E-state index in [4.69, 9.17) is 0 Å². The summed E-state index contributed by atoms with van der Waals surface area (Å²) in [6.45, 7) is 0. The molecule has 0 fully saturated rings. The van der Waals surface area contributed by atoms with Crippen LogP contribution in [0.5, 0.6) is 0 Å². The Morgan fingerprint density at radius 1 is 0.258 bits per heavy atom. The largest absolute Gasteiger partial charge is 0.310 e. The molecule has 2 nitrogen and oxygen atoms in total. The fourth-order valence-corrected chi connectivity index (χ4v) is 9.11. The second kappa shape index (κ2) is 16.1. The fourth-order valence-electron chi connectivity index (χ4n) is 9.11. The molecule has 0 N–H and O–H groups in total. The fraction of sp³-hybridized carbons (Fsp3) is 0. The summed E-state index contributed by atoms with van der Waals surface area (Å²) < 4.78 is 2.40. The van der Waals surface area contributed by atoms with E-state index in [2.05, 4.69) is 264 Å². The molecule has 0 aliphatic rings. The predicted octanol–water partition coefficient (Wildman–Crippen LogP) is 16.6. The van der Waals surface area contributed by atoms with E-state index in [1.54, 1.807) is 0 Å². The molecule has 0 saturated carbocycles. The molecule has 1 heterocycles.